The fraction of sp³-hybridized carbons (Fsp3) is 0.118. The SMILES string of the molecule is Cc1cccc(/C=N\n2c(-c3cccc(C)c3)n[nH]c2=S)c1. The molecule has 0 radical (unpaired) electrons. The van der Waals surface area contributed by atoms with Crippen molar-refractivity contribution >= 4 is 18.4 Å². The van der Waals surface area contributed by atoms with Crippen LogP contribution in [0.2, 0.25) is 0 Å². The molecule has 0 amide bonds. The Labute approximate surface area is 134 Å². The summed E-state index contributed by atoms with van der Waals surface area (Å²) in [7, 11) is 0. The largest absolute Gasteiger partial charge is 0.250 e. The third-order valence-electron chi connectivity index (χ3n) is 3.29. The average molecular weight is 308 g/mol. The van der Waals surface area contributed by atoms with Gasteiger partial charge in [-0.25, -0.2) is 5.10 Å². The number of aryl methyl sites for hydroxylation is 2. The van der Waals surface area contributed by atoms with Crippen molar-refractivity contribution in [2.24, 2.45) is 5.10 Å². The molecule has 1 heterocycles. The van der Waals surface area contributed by atoms with Gasteiger partial charge < -0.3 is 0 Å². The molecule has 3 aromatic rings. The fourth-order valence-electron chi connectivity index (χ4n) is 2.24. The molecule has 5 heteroatoms. The van der Waals surface area contributed by atoms with E-state index in [-0.39, 0.29) is 0 Å². The predicted molar refractivity (Wildman–Crippen MR) is 91.8 cm³/mol. The van der Waals surface area contributed by atoms with Crippen molar-refractivity contribution in [1.29, 1.82) is 0 Å². The third-order valence-corrected chi connectivity index (χ3v) is 3.56. The normalized spacial score (nSPS) is 11.2. The molecule has 4 nitrogen and oxygen atoms in total. The van der Waals surface area contributed by atoms with Gasteiger partial charge in [0.15, 0.2) is 5.82 Å². The van der Waals surface area contributed by atoms with Crippen LogP contribution in [0.1, 0.15) is 16.7 Å². The Morgan fingerprint density at radius 2 is 1.82 bits per heavy atom. The lowest BCUT2D eigenvalue weighted by molar-refractivity contribution is 0.871. The molecule has 0 aliphatic carbocycles. The molecule has 1 aromatic heterocycles. The molecule has 2 aromatic carbocycles. The number of aromatic nitrogens is 3. The molecule has 0 atom stereocenters. The van der Waals surface area contributed by atoms with E-state index >= 15 is 0 Å². The van der Waals surface area contributed by atoms with E-state index in [9.17, 15) is 0 Å². The van der Waals surface area contributed by atoms with E-state index in [1.54, 1.807) is 10.9 Å². The van der Waals surface area contributed by atoms with Crippen LogP contribution in [-0.4, -0.2) is 21.1 Å². The molecular formula is C17H16N4S. The summed E-state index contributed by atoms with van der Waals surface area (Å²) in [4.78, 5) is 0. The van der Waals surface area contributed by atoms with Crippen LogP contribution in [0.25, 0.3) is 11.4 Å². The van der Waals surface area contributed by atoms with Gasteiger partial charge in [0.25, 0.3) is 0 Å². The number of nitrogens with zero attached hydrogens (tertiary/aromatic N) is 3. The van der Waals surface area contributed by atoms with Gasteiger partial charge in [0.05, 0.1) is 6.21 Å². The monoisotopic (exact) mass is 308 g/mol. The molecule has 0 saturated carbocycles. The van der Waals surface area contributed by atoms with Crippen molar-refractivity contribution in [2.45, 2.75) is 13.8 Å². The predicted octanol–water partition coefficient (Wildman–Crippen LogP) is 4.11. The maximum Gasteiger partial charge on any atom is 0.216 e. The molecule has 0 aliphatic heterocycles. The van der Waals surface area contributed by atoms with Crippen LogP contribution >= 0.6 is 12.2 Å². The van der Waals surface area contributed by atoms with E-state index in [4.69, 9.17) is 12.2 Å². The smallest absolute Gasteiger partial charge is 0.216 e. The van der Waals surface area contributed by atoms with Crippen LogP contribution in [0.15, 0.2) is 53.6 Å². The Kier molecular flexibility index (Phi) is 3.98. The molecule has 0 bridgehead atoms. The van der Waals surface area contributed by atoms with Gasteiger partial charge in [0.1, 0.15) is 0 Å². The minimum Gasteiger partial charge on any atom is -0.250 e. The van der Waals surface area contributed by atoms with E-state index in [0.29, 0.717) is 10.6 Å². The van der Waals surface area contributed by atoms with E-state index < -0.39 is 0 Å². The lowest BCUT2D eigenvalue weighted by Crippen LogP contribution is -1.95. The van der Waals surface area contributed by atoms with Crippen molar-refractivity contribution in [2.75, 3.05) is 0 Å². The standard InChI is InChI=1S/C17H16N4S/c1-12-5-3-7-14(9-12)11-18-21-16(19-20-17(21)22)15-8-4-6-13(2)10-15/h3-11H,1-2H3,(H,20,22)/b18-11-. The van der Waals surface area contributed by atoms with Crippen molar-refractivity contribution in [3.8, 4) is 11.4 Å². The Bertz CT molecular complexity index is 889. The van der Waals surface area contributed by atoms with Crippen molar-refractivity contribution in [1.82, 2.24) is 14.9 Å². The molecule has 22 heavy (non-hydrogen) atoms. The summed E-state index contributed by atoms with van der Waals surface area (Å²) in [5, 5.41) is 11.6. The number of benzene rings is 2. The highest BCUT2D eigenvalue weighted by Gasteiger charge is 2.07. The summed E-state index contributed by atoms with van der Waals surface area (Å²) in [5.74, 6) is 0.706. The van der Waals surface area contributed by atoms with Crippen LogP contribution in [0, 0.1) is 18.6 Å². The van der Waals surface area contributed by atoms with Crippen molar-refractivity contribution in [3.05, 3.63) is 70.0 Å². The number of H-pyrrole nitrogens is 1. The summed E-state index contributed by atoms with van der Waals surface area (Å²) < 4.78 is 2.12. The quantitative estimate of drug-likeness (QED) is 0.584. The van der Waals surface area contributed by atoms with E-state index in [1.165, 1.54) is 11.1 Å². The molecule has 3 rings (SSSR count). The summed E-state index contributed by atoms with van der Waals surface area (Å²) in [6.45, 7) is 4.10. The highest BCUT2D eigenvalue weighted by atomic mass is 32.1. The number of hydrogen-bond donors (Lipinski definition) is 1. The third kappa shape index (κ3) is 3.04. The highest BCUT2D eigenvalue weighted by molar-refractivity contribution is 7.71. The summed E-state index contributed by atoms with van der Waals surface area (Å²) in [5.41, 5.74) is 4.37. The van der Waals surface area contributed by atoms with Crippen LogP contribution in [0.4, 0.5) is 0 Å². The van der Waals surface area contributed by atoms with Crippen molar-refractivity contribution < 1.29 is 0 Å². The van der Waals surface area contributed by atoms with Gasteiger partial charge in [-0.05, 0) is 37.7 Å². The number of aromatic amines is 1. The van der Waals surface area contributed by atoms with E-state index in [0.717, 1.165) is 11.1 Å². The molecular weight excluding hydrogens is 292 g/mol. The van der Waals surface area contributed by atoms with E-state index in [2.05, 4.69) is 40.4 Å². The molecule has 0 saturated heterocycles. The summed E-state index contributed by atoms with van der Waals surface area (Å²) >= 11 is 5.28. The molecule has 1 N–H and O–H groups in total. The summed E-state index contributed by atoms with van der Waals surface area (Å²) in [6, 6.07) is 16.2. The first-order valence-electron chi connectivity index (χ1n) is 6.99. The van der Waals surface area contributed by atoms with Gasteiger partial charge in [-0.2, -0.15) is 14.9 Å². The van der Waals surface area contributed by atoms with Crippen LogP contribution in [0.5, 0.6) is 0 Å². The lowest BCUT2D eigenvalue weighted by Gasteiger charge is -2.02. The molecule has 0 spiro atoms. The first-order chi connectivity index (χ1) is 10.6. The number of nitrogens with one attached hydrogen (secondary N) is 1. The number of hydrogen-bond acceptors (Lipinski definition) is 3. The van der Waals surface area contributed by atoms with Gasteiger partial charge in [0.2, 0.25) is 4.77 Å². The maximum absolute atomic E-state index is 5.28. The van der Waals surface area contributed by atoms with Gasteiger partial charge >= 0.3 is 0 Å². The second-order valence-electron chi connectivity index (χ2n) is 5.19. The second kappa shape index (κ2) is 6.07. The fourth-order valence-corrected chi connectivity index (χ4v) is 2.42. The van der Waals surface area contributed by atoms with Crippen LogP contribution in [-0.2, 0) is 0 Å². The maximum atomic E-state index is 5.28. The molecule has 0 fully saturated rings. The van der Waals surface area contributed by atoms with Crippen molar-refractivity contribution in [3.63, 3.8) is 0 Å². The van der Waals surface area contributed by atoms with Crippen LogP contribution in [0.3, 0.4) is 0 Å². The summed E-state index contributed by atoms with van der Waals surface area (Å²) in [6.07, 6.45) is 1.79. The van der Waals surface area contributed by atoms with E-state index in [1.807, 2.05) is 37.3 Å². The topological polar surface area (TPSA) is 46.0 Å². The zero-order valence-electron chi connectivity index (χ0n) is 12.4. The van der Waals surface area contributed by atoms with Gasteiger partial charge in [-0.1, -0.05) is 53.6 Å². The van der Waals surface area contributed by atoms with Crippen LogP contribution < -0.4 is 0 Å². The minimum absolute atomic E-state index is 0.473. The second-order valence-corrected chi connectivity index (χ2v) is 5.58. The first-order valence-corrected chi connectivity index (χ1v) is 7.40. The van der Waals surface area contributed by atoms with Gasteiger partial charge in [0, 0.05) is 5.56 Å². The molecule has 0 aliphatic rings. The first kappa shape index (κ1) is 14.4. The van der Waals surface area contributed by atoms with Gasteiger partial charge in [-0.3, -0.25) is 0 Å². The Hall–Kier alpha value is -2.53. The lowest BCUT2D eigenvalue weighted by atomic mass is 10.1. The van der Waals surface area contributed by atoms with Gasteiger partial charge in [-0.15, -0.1) is 0 Å². The average Bonchev–Trinajstić information content (AvgIpc) is 2.86. The Morgan fingerprint density at radius 1 is 1.09 bits per heavy atom. The zero-order valence-corrected chi connectivity index (χ0v) is 13.3. The Morgan fingerprint density at radius 3 is 2.55 bits per heavy atom. The highest BCUT2D eigenvalue weighted by Crippen LogP contribution is 2.18. The molecule has 0 unspecified atom stereocenters. The Balaban J connectivity index is 2.01. The zero-order chi connectivity index (χ0) is 15.5. The molecule has 110 valence electrons. The minimum atomic E-state index is 0.473. The number of rotatable bonds is 3.